The van der Waals surface area contributed by atoms with E-state index in [1.807, 2.05) is 6.92 Å². The summed E-state index contributed by atoms with van der Waals surface area (Å²) < 4.78 is 43.9. The molecule has 0 radical (unpaired) electrons. The Balaban J connectivity index is 1.64. The van der Waals surface area contributed by atoms with Gasteiger partial charge in [-0.2, -0.15) is 9.97 Å². The number of carbonyl (C=O) groups is 1. The number of thiocarbonyl (C=S) groups is 1. The number of carbonyl (C=O) groups excluding carboxylic acids is 1. The van der Waals surface area contributed by atoms with Crippen molar-refractivity contribution in [3.8, 4) is 17.6 Å². The average molecular weight is 596 g/mol. The van der Waals surface area contributed by atoms with Crippen LogP contribution in [0.4, 0.5) is 11.5 Å². The number of rotatable bonds is 9. The van der Waals surface area contributed by atoms with Gasteiger partial charge in [-0.05, 0) is 77.5 Å². The van der Waals surface area contributed by atoms with Crippen LogP contribution in [-0.4, -0.2) is 50.2 Å². The van der Waals surface area contributed by atoms with Crippen LogP contribution in [0.1, 0.15) is 17.3 Å². The van der Waals surface area contributed by atoms with Crippen molar-refractivity contribution in [2.45, 2.75) is 11.8 Å². The Labute approximate surface area is 221 Å². The van der Waals surface area contributed by atoms with Crippen molar-refractivity contribution < 1.29 is 27.4 Å². The van der Waals surface area contributed by atoms with E-state index in [4.69, 9.17) is 26.4 Å². The summed E-state index contributed by atoms with van der Waals surface area (Å²) in [5, 5.41) is 5.46. The third kappa shape index (κ3) is 7.02. The Hall–Kier alpha value is -3.49. The van der Waals surface area contributed by atoms with Crippen LogP contribution in [0.25, 0.3) is 0 Å². The number of ether oxygens (including phenoxy) is 3. The van der Waals surface area contributed by atoms with Gasteiger partial charge in [0, 0.05) is 17.3 Å². The van der Waals surface area contributed by atoms with Crippen LogP contribution >= 0.6 is 28.1 Å². The fourth-order valence-electron chi connectivity index (χ4n) is 2.82. The molecule has 1 amide bonds. The molecule has 3 aromatic rings. The van der Waals surface area contributed by atoms with E-state index in [0.717, 1.165) is 0 Å². The molecule has 0 aliphatic heterocycles. The molecule has 11 nitrogen and oxygen atoms in total. The van der Waals surface area contributed by atoms with E-state index in [0.29, 0.717) is 28.1 Å². The predicted octanol–water partition coefficient (Wildman–Crippen LogP) is 3.58. The minimum atomic E-state index is -3.97. The number of aromatic nitrogens is 2. The molecule has 190 valence electrons. The molecule has 0 spiro atoms. The fourth-order valence-corrected chi connectivity index (χ4v) is 4.51. The first-order chi connectivity index (χ1) is 17.1. The highest BCUT2D eigenvalue weighted by Crippen LogP contribution is 2.26. The van der Waals surface area contributed by atoms with Crippen LogP contribution in [0.3, 0.4) is 0 Å². The highest BCUT2D eigenvalue weighted by atomic mass is 79.9. The average Bonchev–Trinajstić information content (AvgIpc) is 2.85. The number of nitrogens with one attached hydrogen (secondary N) is 3. The maximum atomic E-state index is 12.8. The summed E-state index contributed by atoms with van der Waals surface area (Å²) in [6.07, 6.45) is 0. The molecule has 2 aromatic carbocycles. The molecule has 0 fully saturated rings. The number of benzene rings is 2. The predicted molar refractivity (Wildman–Crippen MR) is 141 cm³/mol. The Kier molecular flexibility index (Phi) is 9.01. The zero-order chi connectivity index (χ0) is 26.3. The van der Waals surface area contributed by atoms with Crippen molar-refractivity contribution in [2.75, 3.05) is 30.9 Å². The summed E-state index contributed by atoms with van der Waals surface area (Å²) in [5.41, 5.74) is 0.845. The highest BCUT2D eigenvalue weighted by Gasteiger charge is 2.17. The SMILES string of the molecule is CCOc1ccc(C(=O)NC(=S)Nc2ccc(S(=O)(=O)Nc3cc(OC)nc(OC)n3)cc2)cc1Br. The van der Waals surface area contributed by atoms with Crippen LogP contribution in [-0.2, 0) is 10.0 Å². The van der Waals surface area contributed by atoms with Gasteiger partial charge in [0.05, 0.1) is 30.2 Å². The van der Waals surface area contributed by atoms with Crippen molar-refractivity contribution in [3.05, 3.63) is 58.6 Å². The molecule has 0 unspecified atom stereocenters. The number of sulfonamides is 1. The quantitative estimate of drug-likeness (QED) is 0.314. The molecule has 0 saturated carbocycles. The Bertz CT molecular complexity index is 1350. The van der Waals surface area contributed by atoms with E-state index in [-0.39, 0.29) is 27.7 Å². The Morgan fingerprint density at radius 2 is 1.78 bits per heavy atom. The maximum absolute atomic E-state index is 12.8. The minimum Gasteiger partial charge on any atom is -0.493 e. The van der Waals surface area contributed by atoms with E-state index in [1.165, 1.54) is 44.6 Å². The summed E-state index contributed by atoms with van der Waals surface area (Å²) in [5.74, 6) is 0.311. The van der Waals surface area contributed by atoms with Gasteiger partial charge in [0.25, 0.3) is 15.9 Å². The van der Waals surface area contributed by atoms with E-state index in [9.17, 15) is 13.2 Å². The molecule has 3 rings (SSSR count). The van der Waals surface area contributed by atoms with Gasteiger partial charge in [-0.3, -0.25) is 14.8 Å². The minimum absolute atomic E-state index is 0.0225. The Morgan fingerprint density at radius 1 is 1.06 bits per heavy atom. The van der Waals surface area contributed by atoms with Gasteiger partial charge in [-0.25, -0.2) is 8.42 Å². The summed E-state index contributed by atoms with van der Waals surface area (Å²) in [6.45, 7) is 2.36. The molecule has 0 bridgehead atoms. The third-order valence-electron chi connectivity index (χ3n) is 4.46. The van der Waals surface area contributed by atoms with Gasteiger partial charge < -0.3 is 19.5 Å². The number of hydrogen-bond acceptors (Lipinski definition) is 9. The summed E-state index contributed by atoms with van der Waals surface area (Å²) in [6, 6.07) is 11.9. The van der Waals surface area contributed by atoms with E-state index in [1.54, 1.807) is 18.2 Å². The lowest BCUT2D eigenvalue weighted by Gasteiger charge is -2.12. The summed E-state index contributed by atoms with van der Waals surface area (Å²) in [4.78, 5) is 20.3. The molecule has 14 heteroatoms. The first-order valence-electron chi connectivity index (χ1n) is 10.3. The monoisotopic (exact) mass is 595 g/mol. The standard InChI is InChI=1S/C22H22BrN5O6S2/c1-4-34-17-10-5-13(11-16(17)23)20(29)27-22(35)24-14-6-8-15(9-7-14)36(30,31)28-18-12-19(32-2)26-21(25-18)33-3/h5-12H,4H2,1-3H3,(H,25,26,28)(H2,24,27,29,35). The van der Waals surface area contributed by atoms with Crippen molar-refractivity contribution in [1.82, 2.24) is 15.3 Å². The summed E-state index contributed by atoms with van der Waals surface area (Å²) in [7, 11) is -1.24. The second-order valence-electron chi connectivity index (χ2n) is 6.90. The largest absolute Gasteiger partial charge is 0.493 e. The summed E-state index contributed by atoms with van der Waals surface area (Å²) >= 11 is 8.57. The lowest BCUT2D eigenvalue weighted by Crippen LogP contribution is -2.34. The lowest BCUT2D eigenvalue weighted by atomic mass is 10.2. The smallest absolute Gasteiger partial charge is 0.321 e. The van der Waals surface area contributed by atoms with Crippen LogP contribution < -0.4 is 29.6 Å². The van der Waals surface area contributed by atoms with E-state index < -0.39 is 15.9 Å². The van der Waals surface area contributed by atoms with Gasteiger partial charge in [0.1, 0.15) is 5.75 Å². The van der Waals surface area contributed by atoms with Gasteiger partial charge in [-0.1, -0.05) is 0 Å². The number of methoxy groups -OCH3 is 2. The van der Waals surface area contributed by atoms with Crippen molar-refractivity contribution >= 4 is 60.7 Å². The second-order valence-corrected chi connectivity index (χ2v) is 9.84. The number of halogens is 1. The molecule has 0 aliphatic carbocycles. The highest BCUT2D eigenvalue weighted by molar-refractivity contribution is 9.10. The van der Waals surface area contributed by atoms with Crippen LogP contribution in [0.2, 0.25) is 0 Å². The normalized spacial score (nSPS) is 10.8. The molecule has 0 atom stereocenters. The maximum Gasteiger partial charge on any atom is 0.321 e. The molecule has 3 N–H and O–H groups in total. The Morgan fingerprint density at radius 3 is 2.39 bits per heavy atom. The van der Waals surface area contributed by atoms with Crippen LogP contribution in [0, 0.1) is 0 Å². The van der Waals surface area contributed by atoms with Gasteiger partial charge in [0.15, 0.2) is 10.9 Å². The van der Waals surface area contributed by atoms with Crippen molar-refractivity contribution in [2.24, 2.45) is 0 Å². The molecule has 1 aromatic heterocycles. The number of amides is 1. The fraction of sp³-hybridized carbons (Fsp3) is 0.182. The molecule has 0 aliphatic rings. The first kappa shape index (κ1) is 27.1. The zero-order valence-electron chi connectivity index (χ0n) is 19.4. The van der Waals surface area contributed by atoms with E-state index in [2.05, 4.69) is 41.3 Å². The molecule has 36 heavy (non-hydrogen) atoms. The third-order valence-corrected chi connectivity index (χ3v) is 6.65. The first-order valence-corrected chi connectivity index (χ1v) is 13.0. The van der Waals surface area contributed by atoms with Crippen LogP contribution in [0.5, 0.6) is 17.6 Å². The molecule has 0 saturated heterocycles. The zero-order valence-corrected chi connectivity index (χ0v) is 22.6. The van der Waals surface area contributed by atoms with E-state index >= 15 is 0 Å². The number of anilines is 2. The van der Waals surface area contributed by atoms with Gasteiger partial charge in [-0.15, -0.1) is 0 Å². The van der Waals surface area contributed by atoms with Crippen LogP contribution in [0.15, 0.2) is 57.9 Å². The second kappa shape index (κ2) is 12.0. The topological polar surface area (TPSA) is 141 Å². The number of nitrogens with zero attached hydrogens (tertiary/aromatic N) is 2. The molecule has 1 heterocycles. The van der Waals surface area contributed by atoms with Gasteiger partial charge in [0.2, 0.25) is 5.88 Å². The molecular weight excluding hydrogens is 574 g/mol. The number of hydrogen-bond donors (Lipinski definition) is 3. The van der Waals surface area contributed by atoms with Crippen molar-refractivity contribution in [3.63, 3.8) is 0 Å². The molecular formula is C22H22BrN5O6S2. The lowest BCUT2D eigenvalue weighted by molar-refractivity contribution is 0.0977. The van der Waals surface area contributed by atoms with Gasteiger partial charge >= 0.3 is 6.01 Å². The van der Waals surface area contributed by atoms with Crippen molar-refractivity contribution in [1.29, 1.82) is 0 Å².